The van der Waals surface area contributed by atoms with Crippen LogP contribution in [0.5, 0.6) is 5.75 Å². The molecule has 0 radical (unpaired) electrons. The number of rotatable bonds is 10. The Morgan fingerprint density at radius 2 is 2.00 bits per heavy atom. The van der Waals surface area contributed by atoms with Crippen LogP contribution in [-0.4, -0.2) is 38.1 Å². The van der Waals surface area contributed by atoms with Crippen LogP contribution in [0.3, 0.4) is 0 Å². The topological polar surface area (TPSA) is 68.3 Å². The van der Waals surface area contributed by atoms with Gasteiger partial charge in [-0.3, -0.25) is 4.98 Å². The van der Waals surface area contributed by atoms with Crippen LogP contribution in [0.4, 0.5) is 0 Å². The van der Waals surface area contributed by atoms with Crippen molar-refractivity contribution in [3.8, 4) is 5.75 Å². The molecule has 0 spiro atoms. The Balaban J connectivity index is 2.34. The zero-order chi connectivity index (χ0) is 14.8. The van der Waals surface area contributed by atoms with Crippen molar-refractivity contribution in [1.82, 2.24) is 10.3 Å². The Morgan fingerprint density at radius 3 is 2.60 bits per heavy atom. The van der Waals surface area contributed by atoms with E-state index in [1.165, 1.54) is 0 Å². The SMILES string of the molecule is CCCNCc1ccc(OCCS(=O)(=O)CCC)cn1. The average molecular weight is 300 g/mol. The number of nitrogens with zero attached hydrogens (tertiary/aromatic N) is 1. The number of aromatic nitrogens is 1. The lowest BCUT2D eigenvalue weighted by Crippen LogP contribution is -2.17. The average Bonchev–Trinajstić information content (AvgIpc) is 2.40. The molecule has 20 heavy (non-hydrogen) atoms. The number of nitrogens with one attached hydrogen (secondary N) is 1. The first-order valence-electron chi connectivity index (χ1n) is 7.06. The first-order chi connectivity index (χ1) is 9.57. The van der Waals surface area contributed by atoms with Crippen LogP contribution < -0.4 is 10.1 Å². The van der Waals surface area contributed by atoms with Gasteiger partial charge in [-0.15, -0.1) is 0 Å². The molecule has 0 unspecified atom stereocenters. The van der Waals surface area contributed by atoms with Crippen molar-refractivity contribution in [3.05, 3.63) is 24.0 Å². The molecular weight excluding hydrogens is 276 g/mol. The van der Waals surface area contributed by atoms with E-state index in [4.69, 9.17) is 4.74 Å². The van der Waals surface area contributed by atoms with Crippen LogP contribution in [-0.2, 0) is 16.4 Å². The normalized spacial score (nSPS) is 11.5. The molecule has 0 aliphatic rings. The molecule has 1 N–H and O–H groups in total. The molecule has 6 heteroatoms. The van der Waals surface area contributed by atoms with Gasteiger partial charge >= 0.3 is 0 Å². The molecule has 0 aliphatic heterocycles. The van der Waals surface area contributed by atoms with Gasteiger partial charge in [-0.1, -0.05) is 13.8 Å². The minimum absolute atomic E-state index is 0.0562. The zero-order valence-electron chi connectivity index (χ0n) is 12.3. The van der Waals surface area contributed by atoms with E-state index in [2.05, 4.69) is 17.2 Å². The van der Waals surface area contributed by atoms with Crippen molar-refractivity contribution >= 4 is 9.84 Å². The fourth-order valence-electron chi connectivity index (χ4n) is 1.69. The van der Waals surface area contributed by atoms with Gasteiger partial charge in [-0.25, -0.2) is 8.42 Å². The molecule has 0 bridgehead atoms. The van der Waals surface area contributed by atoms with Gasteiger partial charge in [0.05, 0.1) is 23.4 Å². The van der Waals surface area contributed by atoms with Crippen LogP contribution in [0, 0.1) is 0 Å². The Kier molecular flexibility index (Phi) is 7.54. The molecule has 1 rings (SSSR count). The van der Waals surface area contributed by atoms with Gasteiger partial charge in [0, 0.05) is 6.54 Å². The summed E-state index contributed by atoms with van der Waals surface area (Å²) < 4.78 is 28.4. The highest BCUT2D eigenvalue weighted by Crippen LogP contribution is 2.09. The van der Waals surface area contributed by atoms with Gasteiger partial charge in [-0.2, -0.15) is 0 Å². The molecule has 1 heterocycles. The highest BCUT2D eigenvalue weighted by molar-refractivity contribution is 7.91. The summed E-state index contributed by atoms with van der Waals surface area (Å²) in [6.07, 6.45) is 3.37. The maximum atomic E-state index is 11.5. The van der Waals surface area contributed by atoms with Gasteiger partial charge in [0.15, 0.2) is 9.84 Å². The van der Waals surface area contributed by atoms with E-state index in [0.29, 0.717) is 12.2 Å². The molecule has 0 saturated heterocycles. The van der Waals surface area contributed by atoms with E-state index in [-0.39, 0.29) is 18.1 Å². The van der Waals surface area contributed by atoms with Crippen molar-refractivity contribution in [1.29, 1.82) is 0 Å². The summed E-state index contributed by atoms with van der Waals surface area (Å²) in [5.41, 5.74) is 0.949. The third kappa shape index (κ3) is 6.86. The van der Waals surface area contributed by atoms with E-state index in [0.717, 1.165) is 25.2 Å². The molecular formula is C14H24N2O3S. The fourth-order valence-corrected chi connectivity index (χ4v) is 2.86. The fraction of sp³-hybridized carbons (Fsp3) is 0.643. The number of hydrogen-bond donors (Lipinski definition) is 1. The maximum Gasteiger partial charge on any atom is 0.153 e. The van der Waals surface area contributed by atoms with Gasteiger partial charge in [0.25, 0.3) is 0 Å². The summed E-state index contributed by atoms with van der Waals surface area (Å²) in [6, 6.07) is 3.71. The van der Waals surface area contributed by atoms with Gasteiger partial charge in [-0.05, 0) is 31.5 Å². The third-order valence-electron chi connectivity index (χ3n) is 2.71. The lowest BCUT2D eigenvalue weighted by molar-refractivity contribution is 0.339. The van der Waals surface area contributed by atoms with E-state index in [9.17, 15) is 8.42 Å². The third-order valence-corrected chi connectivity index (χ3v) is 4.53. The van der Waals surface area contributed by atoms with Crippen LogP contribution in [0.1, 0.15) is 32.4 Å². The first kappa shape index (κ1) is 16.9. The maximum absolute atomic E-state index is 11.5. The van der Waals surface area contributed by atoms with Gasteiger partial charge in [0.2, 0.25) is 0 Å². The lowest BCUT2D eigenvalue weighted by Gasteiger charge is -2.07. The van der Waals surface area contributed by atoms with Crippen molar-refractivity contribution < 1.29 is 13.2 Å². The summed E-state index contributed by atoms with van der Waals surface area (Å²) in [5.74, 6) is 0.882. The minimum Gasteiger partial charge on any atom is -0.491 e. The molecule has 0 saturated carbocycles. The molecule has 0 atom stereocenters. The predicted octanol–water partition coefficient (Wildman–Crippen LogP) is 1.78. The second-order valence-corrected chi connectivity index (χ2v) is 6.97. The smallest absolute Gasteiger partial charge is 0.153 e. The predicted molar refractivity (Wildman–Crippen MR) is 80.7 cm³/mol. The van der Waals surface area contributed by atoms with Gasteiger partial charge in [0.1, 0.15) is 12.4 Å². The Morgan fingerprint density at radius 1 is 1.20 bits per heavy atom. The largest absolute Gasteiger partial charge is 0.491 e. The molecule has 0 aliphatic carbocycles. The molecule has 0 amide bonds. The molecule has 114 valence electrons. The summed E-state index contributed by atoms with van der Waals surface area (Å²) in [6.45, 7) is 5.85. The van der Waals surface area contributed by atoms with E-state index in [1.54, 1.807) is 6.20 Å². The number of pyridine rings is 1. The highest BCUT2D eigenvalue weighted by Gasteiger charge is 2.09. The van der Waals surface area contributed by atoms with E-state index in [1.807, 2.05) is 19.1 Å². The summed E-state index contributed by atoms with van der Waals surface area (Å²) >= 11 is 0. The lowest BCUT2D eigenvalue weighted by atomic mass is 10.3. The van der Waals surface area contributed by atoms with Crippen molar-refractivity contribution in [2.75, 3.05) is 24.7 Å². The molecule has 1 aromatic heterocycles. The molecule has 0 fully saturated rings. The summed E-state index contributed by atoms with van der Waals surface area (Å²) in [5, 5.41) is 3.27. The monoisotopic (exact) mass is 300 g/mol. The summed E-state index contributed by atoms with van der Waals surface area (Å²) in [4.78, 5) is 4.26. The van der Waals surface area contributed by atoms with Crippen LogP contribution in [0.25, 0.3) is 0 Å². The minimum atomic E-state index is -2.98. The van der Waals surface area contributed by atoms with E-state index >= 15 is 0 Å². The van der Waals surface area contributed by atoms with Crippen molar-refractivity contribution in [2.24, 2.45) is 0 Å². The van der Waals surface area contributed by atoms with E-state index < -0.39 is 9.84 Å². The zero-order valence-corrected chi connectivity index (χ0v) is 13.1. The quantitative estimate of drug-likeness (QED) is 0.667. The second-order valence-electron chi connectivity index (χ2n) is 4.66. The van der Waals surface area contributed by atoms with Crippen LogP contribution in [0.2, 0.25) is 0 Å². The molecule has 0 aromatic carbocycles. The molecule has 1 aromatic rings. The summed E-state index contributed by atoms with van der Waals surface area (Å²) in [7, 11) is -2.98. The standard InChI is InChI=1S/C14H24N2O3S/c1-3-7-15-11-13-5-6-14(12-16-13)19-8-10-20(17,18)9-4-2/h5-6,12,15H,3-4,7-11H2,1-2H3. The second kappa shape index (κ2) is 8.92. The van der Waals surface area contributed by atoms with Crippen LogP contribution in [0.15, 0.2) is 18.3 Å². The van der Waals surface area contributed by atoms with Crippen LogP contribution >= 0.6 is 0 Å². The molecule has 5 nitrogen and oxygen atoms in total. The first-order valence-corrected chi connectivity index (χ1v) is 8.88. The van der Waals surface area contributed by atoms with Crippen molar-refractivity contribution in [3.63, 3.8) is 0 Å². The number of sulfone groups is 1. The van der Waals surface area contributed by atoms with Gasteiger partial charge < -0.3 is 10.1 Å². The van der Waals surface area contributed by atoms with Crippen molar-refractivity contribution in [2.45, 2.75) is 33.2 Å². The Labute approximate surface area is 121 Å². The Hall–Kier alpha value is -1.14. The number of hydrogen-bond acceptors (Lipinski definition) is 5. The highest BCUT2D eigenvalue weighted by atomic mass is 32.2. The Bertz CT molecular complexity index is 472. The number of ether oxygens (including phenoxy) is 1.